The average molecular weight is 785 g/mol. The van der Waals surface area contributed by atoms with Gasteiger partial charge in [0.1, 0.15) is 6.61 Å². The monoisotopic (exact) mass is 785 g/mol. The smallest absolute Gasteiger partial charge is 0.306 e. The van der Waals surface area contributed by atoms with Gasteiger partial charge in [0.05, 0.1) is 0 Å². The van der Waals surface area contributed by atoms with Gasteiger partial charge in [-0.15, -0.1) is 0 Å². The van der Waals surface area contributed by atoms with E-state index in [2.05, 4.69) is 72.8 Å². The van der Waals surface area contributed by atoms with E-state index in [0.29, 0.717) is 19.4 Å². The first kappa shape index (κ1) is 56.0. The van der Waals surface area contributed by atoms with E-state index in [-0.39, 0.29) is 5.97 Å². The zero-order valence-electron chi connectivity index (χ0n) is 38.7. The van der Waals surface area contributed by atoms with Crippen molar-refractivity contribution in [1.29, 1.82) is 0 Å². The van der Waals surface area contributed by atoms with Gasteiger partial charge >= 0.3 is 11.9 Å². The lowest BCUT2D eigenvalue weighted by atomic mass is 10.0. The number of carbonyl (C=O) groups is 2. The quantitative estimate of drug-likeness (QED) is 0.0383. The summed E-state index contributed by atoms with van der Waals surface area (Å²) in [6.45, 7) is 15.9. The van der Waals surface area contributed by atoms with Gasteiger partial charge in [-0.1, -0.05) is 208 Å². The highest BCUT2D eigenvalue weighted by Gasteiger charge is 2.02. The number of carboxylic acid groups (broad SMARTS) is 1. The van der Waals surface area contributed by atoms with Gasteiger partial charge in [-0.3, -0.25) is 9.59 Å². The highest BCUT2D eigenvalue weighted by molar-refractivity contribution is 5.69. The van der Waals surface area contributed by atoms with Gasteiger partial charge in [0.25, 0.3) is 0 Å². The molecule has 0 aromatic rings. The molecule has 0 aliphatic heterocycles. The van der Waals surface area contributed by atoms with E-state index in [1.54, 1.807) is 0 Å². The number of hydrogen-bond donors (Lipinski definition) is 1. The summed E-state index contributed by atoms with van der Waals surface area (Å²) in [7, 11) is 0. The first-order valence-electron chi connectivity index (χ1n) is 24.1. The lowest BCUT2D eigenvalue weighted by Crippen LogP contribution is -2.04. The Morgan fingerprint density at radius 1 is 0.393 bits per heavy atom. The molecular weight excluding hydrogens is 689 g/mol. The van der Waals surface area contributed by atoms with Gasteiger partial charge in [0, 0.05) is 12.8 Å². The Morgan fingerprint density at radius 2 is 0.696 bits per heavy atom. The van der Waals surface area contributed by atoms with Crippen molar-refractivity contribution >= 4 is 11.9 Å². The van der Waals surface area contributed by atoms with Gasteiger partial charge in [0.15, 0.2) is 0 Å². The SMILES string of the molecule is CCCCCCCCCCCCCCCC(=O)O.CCCCCCCCCCCCCCCC(=O)OCC=C(C)CCC=C(C)CCC=C(C)CCC=C(C)C. The summed E-state index contributed by atoms with van der Waals surface area (Å²) in [5, 5.41) is 8.49. The van der Waals surface area contributed by atoms with Crippen LogP contribution in [-0.4, -0.2) is 23.7 Å². The largest absolute Gasteiger partial charge is 0.481 e. The molecule has 4 heteroatoms. The van der Waals surface area contributed by atoms with Crippen molar-refractivity contribution in [1.82, 2.24) is 0 Å². The zero-order chi connectivity index (χ0) is 41.7. The number of esters is 1. The highest BCUT2D eigenvalue weighted by Crippen LogP contribution is 2.16. The molecule has 0 fully saturated rings. The van der Waals surface area contributed by atoms with E-state index < -0.39 is 5.97 Å². The third-order valence-electron chi connectivity index (χ3n) is 10.8. The van der Waals surface area contributed by atoms with Crippen LogP contribution >= 0.6 is 0 Å². The maximum atomic E-state index is 12.0. The van der Waals surface area contributed by atoms with Crippen LogP contribution in [0.3, 0.4) is 0 Å². The number of hydrogen-bond acceptors (Lipinski definition) is 3. The number of unbranched alkanes of at least 4 members (excludes halogenated alkanes) is 24. The number of carboxylic acids is 1. The van der Waals surface area contributed by atoms with Crippen LogP contribution in [0.2, 0.25) is 0 Å². The van der Waals surface area contributed by atoms with Gasteiger partial charge in [0.2, 0.25) is 0 Å². The van der Waals surface area contributed by atoms with Crippen molar-refractivity contribution in [3.63, 3.8) is 0 Å². The summed E-state index contributed by atoms with van der Waals surface area (Å²) < 4.78 is 5.42. The van der Waals surface area contributed by atoms with Crippen molar-refractivity contribution in [3.8, 4) is 0 Å². The van der Waals surface area contributed by atoms with E-state index in [9.17, 15) is 9.59 Å². The molecule has 0 aromatic carbocycles. The lowest BCUT2D eigenvalue weighted by molar-refractivity contribution is -0.142. The molecule has 0 spiro atoms. The summed E-state index contributed by atoms with van der Waals surface area (Å²) >= 11 is 0. The standard InChI is InChI=1S/C36H64O2.C16H32O2/c1-7-8-9-10-11-12-13-14-15-16-17-18-19-29-36(37)38-31-30-35(6)28-22-27-34(5)26-21-25-33(4)24-20-23-32(2)3;1-2-3-4-5-6-7-8-9-10-11-12-13-14-15-16(17)18/h23,25,27,30H,7-22,24,26,28-29,31H2,1-6H3;2-15H2,1H3,(H,17,18). The molecule has 0 aromatic heterocycles. The van der Waals surface area contributed by atoms with E-state index in [4.69, 9.17) is 9.84 Å². The molecule has 0 atom stereocenters. The molecule has 0 radical (unpaired) electrons. The first-order valence-corrected chi connectivity index (χ1v) is 24.1. The fraction of sp³-hybridized carbons (Fsp3) is 0.808. The molecule has 0 bridgehead atoms. The van der Waals surface area contributed by atoms with Crippen molar-refractivity contribution < 1.29 is 19.4 Å². The number of ether oxygens (including phenoxy) is 1. The molecule has 0 aliphatic rings. The molecule has 0 rings (SSSR count). The van der Waals surface area contributed by atoms with Crippen LogP contribution in [0.15, 0.2) is 46.6 Å². The number of carbonyl (C=O) groups excluding carboxylic acids is 1. The number of allylic oxidation sites excluding steroid dienone is 7. The first-order chi connectivity index (χ1) is 27.1. The molecule has 4 nitrogen and oxygen atoms in total. The van der Waals surface area contributed by atoms with Crippen LogP contribution in [0.1, 0.15) is 267 Å². The van der Waals surface area contributed by atoms with Crippen LogP contribution < -0.4 is 0 Å². The van der Waals surface area contributed by atoms with Crippen molar-refractivity contribution in [2.75, 3.05) is 6.61 Å². The summed E-state index contributed by atoms with van der Waals surface area (Å²) in [6, 6.07) is 0. The Kier molecular flexibility index (Phi) is 45.6. The summed E-state index contributed by atoms with van der Waals surface area (Å²) in [5.74, 6) is -0.699. The van der Waals surface area contributed by atoms with Crippen molar-refractivity contribution in [2.24, 2.45) is 0 Å². The van der Waals surface area contributed by atoms with Crippen molar-refractivity contribution in [2.45, 2.75) is 267 Å². The van der Waals surface area contributed by atoms with Crippen LogP contribution in [0.4, 0.5) is 0 Å². The topological polar surface area (TPSA) is 63.6 Å². The summed E-state index contributed by atoms with van der Waals surface area (Å²) in [5.41, 5.74) is 5.68. The van der Waals surface area contributed by atoms with E-state index in [0.717, 1.165) is 57.8 Å². The molecule has 0 amide bonds. The van der Waals surface area contributed by atoms with Gasteiger partial charge < -0.3 is 9.84 Å². The minimum absolute atomic E-state index is 0.0444. The Hall–Kier alpha value is -2.10. The molecule has 328 valence electrons. The second kappa shape index (κ2) is 45.6. The molecule has 0 saturated heterocycles. The Bertz CT molecular complexity index is 996. The highest BCUT2D eigenvalue weighted by atomic mass is 16.5. The van der Waals surface area contributed by atoms with Crippen LogP contribution in [0, 0.1) is 0 Å². The molecule has 0 heterocycles. The van der Waals surface area contributed by atoms with Gasteiger partial charge in [-0.25, -0.2) is 0 Å². The van der Waals surface area contributed by atoms with Gasteiger partial charge in [-0.2, -0.15) is 0 Å². The minimum Gasteiger partial charge on any atom is -0.481 e. The summed E-state index contributed by atoms with van der Waals surface area (Å²) in [6.07, 6.45) is 50.9. The summed E-state index contributed by atoms with van der Waals surface area (Å²) in [4.78, 5) is 22.3. The predicted molar refractivity (Wildman–Crippen MR) is 248 cm³/mol. The van der Waals surface area contributed by atoms with Gasteiger partial charge in [-0.05, 0) is 92.1 Å². The number of aliphatic carboxylic acids is 1. The number of rotatable bonds is 39. The van der Waals surface area contributed by atoms with Crippen LogP contribution in [-0.2, 0) is 14.3 Å². The second-order valence-corrected chi connectivity index (χ2v) is 17.1. The third kappa shape index (κ3) is 49.9. The molecule has 1 N–H and O–H groups in total. The molecule has 56 heavy (non-hydrogen) atoms. The normalized spacial score (nSPS) is 12.0. The van der Waals surface area contributed by atoms with Crippen LogP contribution in [0.25, 0.3) is 0 Å². The predicted octanol–water partition coefficient (Wildman–Crippen LogP) is 17.7. The Morgan fingerprint density at radius 3 is 1.04 bits per heavy atom. The Labute approximate surface area is 350 Å². The average Bonchev–Trinajstić information content (AvgIpc) is 3.15. The lowest BCUT2D eigenvalue weighted by Gasteiger charge is -2.05. The molecular formula is C52H96O4. The third-order valence-corrected chi connectivity index (χ3v) is 10.8. The molecule has 0 aliphatic carbocycles. The fourth-order valence-electron chi connectivity index (χ4n) is 6.92. The maximum Gasteiger partial charge on any atom is 0.306 e. The van der Waals surface area contributed by atoms with E-state index in [1.165, 1.54) is 170 Å². The molecule has 0 unspecified atom stereocenters. The van der Waals surface area contributed by atoms with Crippen molar-refractivity contribution in [3.05, 3.63) is 46.6 Å². The zero-order valence-corrected chi connectivity index (χ0v) is 38.7. The van der Waals surface area contributed by atoms with Crippen LogP contribution in [0.5, 0.6) is 0 Å². The Balaban J connectivity index is 0. The fourth-order valence-corrected chi connectivity index (χ4v) is 6.92. The molecule has 0 saturated carbocycles. The van der Waals surface area contributed by atoms with E-state index >= 15 is 0 Å². The maximum absolute atomic E-state index is 12.0. The van der Waals surface area contributed by atoms with E-state index in [1.807, 2.05) is 0 Å². The minimum atomic E-state index is -0.655. The second-order valence-electron chi connectivity index (χ2n) is 17.1.